The van der Waals surface area contributed by atoms with Crippen LogP contribution in [-0.2, 0) is 0 Å². The minimum atomic E-state index is -0.388. The van der Waals surface area contributed by atoms with Crippen molar-refractivity contribution in [3.63, 3.8) is 0 Å². The zero-order valence-corrected chi connectivity index (χ0v) is 14.1. The van der Waals surface area contributed by atoms with E-state index < -0.39 is 0 Å². The van der Waals surface area contributed by atoms with Gasteiger partial charge >= 0.3 is 0 Å². The molecule has 0 radical (unpaired) electrons. The van der Waals surface area contributed by atoms with E-state index in [4.69, 9.17) is 0 Å². The number of rotatable bonds is 3. The number of anilines is 1. The van der Waals surface area contributed by atoms with Crippen LogP contribution in [0.5, 0.6) is 0 Å². The van der Waals surface area contributed by atoms with Crippen LogP contribution in [0.1, 0.15) is 35.2 Å². The maximum absolute atomic E-state index is 14.0. The summed E-state index contributed by atoms with van der Waals surface area (Å²) in [4.78, 5) is 0. The first-order chi connectivity index (χ1) is 9.79. The summed E-state index contributed by atoms with van der Waals surface area (Å²) in [6.45, 7) is 7.36. The van der Waals surface area contributed by atoms with Crippen LogP contribution >= 0.6 is 15.9 Å². The molecule has 2 rings (SSSR count). The largest absolute Gasteiger partial charge is 0.378 e. The lowest BCUT2D eigenvalue weighted by molar-refractivity contribution is 0.571. The van der Waals surface area contributed by atoms with E-state index in [9.17, 15) is 8.78 Å². The van der Waals surface area contributed by atoms with Crippen molar-refractivity contribution >= 4 is 21.6 Å². The molecular weight excluding hydrogens is 336 g/mol. The third-order valence-electron chi connectivity index (χ3n) is 3.60. The average Bonchev–Trinajstić information content (AvgIpc) is 2.37. The Hall–Kier alpha value is -1.42. The third-order valence-corrected chi connectivity index (χ3v) is 4.06. The Morgan fingerprint density at radius 2 is 1.48 bits per heavy atom. The molecule has 2 aromatic carbocycles. The van der Waals surface area contributed by atoms with Crippen molar-refractivity contribution in [3.8, 4) is 0 Å². The summed E-state index contributed by atoms with van der Waals surface area (Å²) in [6.07, 6.45) is 0. The number of halogens is 3. The van der Waals surface area contributed by atoms with E-state index in [0.29, 0.717) is 11.1 Å². The molecule has 0 fully saturated rings. The Labute approximate surface area is 132 Å². The number of benzene rings is 2. The fourth-order valence-electron chi connectivity index (χ4n) is 2.43. The molecule has 0 aliphatic heterocycles. The van der Waals surface area contributed by atoms with E-state index in [0.717, 1.165) is 21.3 Å². The standard InChI is InChI=1S/C17H18BrF2N/c1-9-7-16(20)14(8-15(9)19)12(4)21-17-10(2)5-13(18)6-11(17)3/h5-8,12,21H,1-4H3. The molecule has 0 heterocycles. The van der Waals surface area contributed by atoms with Gasteiger partial charge in [-0.2, -0.15) is 0 Å². The Morgan fingerprint density at radius 1 is 0.905 bits per heavy atom. The van der Waals surface area contributed by atoms with Gasteiger partial charge in [0.05, 0.1) is 6.04 Å². The van der Waals surface area contributed by atoms with Crippen LogP contribution in [0.4, 0.5) is 14.5 Å². The quantitative estimate of drug-likeness (QED) is 0.732. The van der Waals surface area contributed by atoms with Crippen molar-refractivity contribution in [1.29, 1.82) is 0 Å². The van der Waals surface area contributed by atoms with Gasteiger partial charge in [-0.25, -0.2) is 8.78 Å². The summed E-state index contributed by atoms with van der Waals surface area (Å²) in [5.41, 5.74) is 3.72. The topological polar surface area (TPSA) is 12.0 Å². The molecule has 0 aliphatic carbocycles. The molecule has 0 saturated carbocycles. The van der Waals surface area contributed by atoms with Crippen molar-refractivity contribution in [3.05, 3.63) is 62.6 Å². The Morgan fingerprint density at radius 3 is 2.05 bits per heavy atom. The van der Waals surface area contributed by atoms with Gasteiger partial charge in [0, 0.05) is 15.7 Å². The van der Waals surface area contributed by atoms with Crippen LogP contribution in [-0.4, -0.2) is 0 Å². The SMILES string of the molecule is Cc1cc(F)c(C(C)Nc2c(C)cc(Br)cc2C)cc1F. The number of nitrogens with one attached hydrogen (secondary N) is 1. The summed E-state index contributed by atoms with van der Waals surface area (Å²) in [6, 6.07) is 6.18. The van der Waals surface area contributed by atoms with Crippen LogP contribution in [0.15, 0.2) is 28.7 Å². The van der Waals surface area contributed by atoms with Gasteiger partial charge in [0.1, 0.15) is 11.6 Å². The van der Waals surface area contributed by atoms with E-state index in [1.54, 1.807) is 6.92 Å². The highest BCUT2D eigenvalue weighted by Gasteiger charge is 2.15. The molecule has 1 atom stereocenters. The molecule has 21 heavy (non-hydrogen) atoms. The smallest absolute Gasteiger partial charge is 0.128 e. The molecule has 0 bridgehead atoms. The van der Waals surface area contributed by atoms with E-state index in [1.165, 1.54) is 12.1 Å². The van der Waals surface area contributed by atoms with Crippen molar-refractivity contribution in [2.75, 3.05) is 5.32 Å². The van der Waals surface area contributed by atoms with Crippen molar-refractivity contribution in [2.45, 2.75) is 33.7 Å². The first-order valence-electron chi connectivity index (χ1n) is 6.78. The second-order valence-electron chi connectivity index (χ2n) is 5.40. The minimum absolute atomic E-state index is 0.319. The van der Waals surface area contributed by atoms with E-state index in [2.05, 4.69) is 21.2 Å². The van der Waals surface area contributed by atoms with Crippen molar-refractivity contribution in [2.24, 2.45) is 0 Å². The summed E-state index contributed by atoms with van der Waals surface area (Å²) in [7, 11) is 0. The van der Waals surface area contributed by atoms with Gasteiger partial charge < -0.3 is 5.32 Å². The van der Waals surface area contributed by atoms with Crippen LogP contribution in [0.3, 0.4) is 0 Å². The first kappa shape index (κ1) is 16.0. The summed E-state index contributed by atoms with van der Waals surface area (Å²) < 4.78 is 28.7. The maximum atomic E-state index is 14.0. The average molecular weight is 354 g/mol. The highest BCUT2D eigenvalue weighted by atomic mass is 79.9. The molecular formula is C17H18BrF2N. The van der Waals surface area contributed by atoms with Gasteiger partial charge in [0.15, 0.2) is 0 Å². The van der Waals surface area contributed by atoms with Gasteiger partial charge in [-0.1, -0.05) is 15.9 Å². The monoisotopic (exact) mass is 353 g/mol. The van der Waals surface area contributed by atoms with E-state index in [1.807, 2.05) is 32.9 Å². The lowest BCUT2D eigenvalue weighted by Crippen LogP contribution is -2.11. The number of hydrogen-bond donors (Lipinski definition) is 1. The predicted octanol–water partition coefficient (Wildman–Crippen LogP) is 5.83. The highest BCUT2D eigenvalue weighted by molar-refractivity contribution is 9.10. The lowest BCUT2D eigenvalue weighted by atomic mass is 10.0. The van der Waals surface area contributed by atoms with Crippen LogP contribution < -0.4 is 5.32 Å². The normalized spacial score (nSPS) is 12.3. The van der Waals surface area contributed by atoms with E-state index in [-0.39, 0.29) is 17.7 Å². The summed E-state index contributed by atoms with van der Waals surface area (Å²) in [5.74, 6) is -0.773. The Bertz CT molecular complexity index is 660. The second-order valence-corrected chi connectivity index (χ2v) is 6.32. The molecule has 1 N–H and O–H groups in total. The van der Waals surface area contributed by atoms with Crippen molar-refractivity contribution < 1.29 is 8.78 Å². The van der Waals surface area contributed by atoms with E-state index >= 15 is 0 Å². The molecule has 0 saturated heterocycles. The van der Waals surface area contributed by atoms with Crippen LogP contribution in [0.2, 0.25) is 0 Å². The molecule has 1 unspecified atom stereocenters. The Balaban J connectivity index is 2.35. The Kier molecular flexibility index (Phi) is 4.67. The maximum Gasteiger partial charge on any atom is 0.128 e. The highest BCUT2D eigenvalue weighted by Crippen LogP contribution is 2.30. The molecule has 112 valence electrons. The second kappa shape index (κ2) is 6.14. The molecule has 0 aliphatic rings. The summed E-state index contributed by atoms with van der Waals surface area (Å²) in [5, 5.41) is 3.28. The minimum Gasteiger partial charge on any atom is -0.378 e. The molecule has 2 aromatic rings. The first-order valence-corrected chi connectivity index (χ1v) is 7.57. The number of aryl methyl sites for hydroxylation is 3. The van der Waals surface area contributed by atoms with Gasteiger partial charge in [-0.05, 0) is 68.7 Å². The van der Waals surface area contributed by atoms with Gasteiger partial charge in [0.2, 0.25) is 0 Å². The summed E-state index contributed by atoms with van der Waals surface area (Å²) >= 11 is 3.45. The predicted molar refractivity (Wildman–Crippen MR) is 86.7 cm³/mol. The lowest BCUT2D eigenvalue weighted by Gasteiger charge is -2.20. The molecule has 0 aromatic heterocycles. The van der Waals surface area contributed by atoms with Gasteiger partial charge in [0.25, 0.3) is 0 Å². The van der Waals surface area contributed by atoms with Crippen molar-refractivity contribution in [1.82, 2.24) is 0 Å². The number of hydrogen-bond acceptors (Lipinski definition) is 1. The van der Waals surface area contributed by atoms with Gasteiger partial charge in [-0.15, -0.1) is 0 Å². The fraction of sp³-hybridized carbons (Fsp3) is 0.294. The van der Waals surface area contributed by atoms with Crippen LogP contribution in [0, 0.1) is 32.4 Å². The van der Waals surface area contributed by atoms with Gasteiger partial charge in [-0.3, -0.25) is 0 Å². The van der Waals surface area contributed by atoms with Crippen LogP contribution in [0.25, 0.3) is 0 Å². The molecule has 0 amide bonds. The molecule has 4 heteroatoms. The zero-order valence-electron chi connectivity index (χ0n) is 12.5. The zero-order chi connectivity index (χ0) is 15.7. The third kappa shape index (κ3) is 3.43. The molecule has 1 nitrogen and oxygen atoms in total. The fourth-order valence-corrected chi connectivity index (χ4v) is 3.11. The molecule has 0 spiro atoms.